The van der Waals surface area contributed by atoms with Crippen LogP contribution < -0.4 is 15.5 Å². The van der Waals surface area contributed by atoms with E-state index in [0.29, 0.717) is 23.5 Å². The van der Waals surface area contributed by atoms with E-state index in [1.54, 1.807) is 42.5 Å². The minimum atomic E-state index is -0.434. The number of anilines is 2. The molecule has 40 heavy (non-hydrogen) atoms. The van der Waals surface area contributed by atoms with Gasteiger partial charge in [0.25, 0.3) is 11.8 Å². The molecular weight excluding hydrogens is 518 g/mol. The van der Waals surface area contributed by atoms with Crippen LogP contribution in [0.3, 0.4) is 0 Å². The minimum absolute atomic E-state index is 0.0764. The monoisotopic (exact) mass is 547 g/mol. The van der Waals surface area contributed by atoms with Crippen LogP contribution in [0, 0.1) is 6.92 Å². The molecule has 5 rings (SSSR count). The molecule has 6 nitrogen and oxygen atoms in total. The minimum Gasteiger partial charge on any atom is -0.321 e. The summed E-state index contributed by atoms with van der Waals surface area (Å²) < 4.78 is 0. The van der Waals surface area contributed by atoms with Crippen LogP contribution in [0.15, 0.2) is 114 Å². The number of nitrogens with zero attached hydrogens (tertiary/aromatic N) is 1. The molecule has 4 aromatic carbocycles. The predicted octanol–water partition coefficient (Wildman–Crippen LogP) is 6.09. The number of fused-ring (bicyclic) bond motifs is 1. The fraction of sp³-hybridized carbons (Fsp3) is 0.121. The predicted molar refractivity (Wildman–Crippen MR) is 161 cm³/mol. The van der Waals surface area contributed by atoms with Crippen LogP contribution in [-0.4, -0.2) is 30.0 Å². The molecular formula is C33H29N3O3S. The molecule has 0 unspecified atom stereocenters. The first-order chi connectivity index (χ1) is 19.5. The number of hydrogen-bond acceptors (Lipinski definition) is 4. The highest BCUT2D eigenvalue weighted by Gasteiger charge is 2.24. The number of para-hydroxylation sites is 1. The molecule has 1 heterocycles. The zero-order chi connectivity index (χ0) is 27.9. The van der Waals surface area contributed by atoms with E-state index in [-0.39, 0.29) is 17.5 Å². The van der Waals surface area contributed by atoms with Crippen molar-refractivity contribution in [2.75, 3.05) is 22.5 Å². The van der Waals surface area contributed by atoms with Gasteiger partial charge in [0.05, 0.1) is 5.75 Å². The van der Waals surface area contributed by atoms with Gasteiger partial charge in [-0.1, -0.05) is 60.7 Å². The summed E-state index contributed by atoms with van der Waals surface area (Å²) in [6, 6.07) is 31.8. The lowest BCUT2D eigenvalue weighted by Crippen LogP contribution is -2.30. The zero-order valence-electron chi connectivity index (χ0n) is 22.1. The third-order valence-corrected chi connectivity index (χ3v) is 7.68. The molecule has 7 heteroatoms. The molecule has 4 aromatic rings. The topological polar surface area (TPSA) is 78.5 Å². The van der Waals surface area contributed by atoms with E-state index in [0.717, 1.165) is 28.1 Å². The second-order valence-electron chi connectivity index (χ2n) is 9.43. The van der Waals surface area contributed by atoms with Crippen LogP contribution in [0.4, 0.5) is 11.4 Å². The Balaban J connectivity index is 1.24. The summed E-state index contributed by atoms with van der Waals surface area (Å²) in [4.78, 5) is 41.8. The number of nitrogens with one attached hydrogen (secondary N) is 2. The lowest BCUT2D eigenvalue weighted by Gasteiger charge is -2.17. The van der Waals surface area contributed by atoms with Gasteiger partial charge in [0, 0.05) is 28.4 Å². The molecule has 200 valence electrons. The van der Waals surface area contributed by atoms with Crippen molar-refractivity contribution >= 4 is 46.9 Å². The lowest BCUT2D eigenvalue weighted by atomic mass is 10.1. The average Bonchev–Trinajstić information content (AvgIpc) is 3.42. The maximum Gasteiger partial charge on any atom is 0.272 e. The Bertz CT molecular complexity index is 1570. The van der Waals surface area contributed by atoms with E-state index in [9.17, 15) is 14.4 Å². The Labute approximate surface area is 238 Å². The van der Waals surface area contributed by atoms with Gasteiger partial charge in [0.15, 0.2) is 0 Å². The smallest absolute Gasteiger partial charge is 0.272 e. The first-order valence-electron chi connectivity index (χ1n) is 13.0. The maximum atomic E-state index is 13.3. The van der Waals surface area contributed by atoms with E-state index in [1.807, 2.05) is 72.5 Å². The maximum absolute atomic E-state index is 13.3. The average molecular weight is 548 g/mol. The molecule has 0 aliphatic carbocycles. The molecule has 0 atom stereocenters. The Kier molecular flexibility index (Phi) is 8.42. The third kappa shape index (κ3) is 6.50. The molecule has 2 N–H and O–H groups in total. The molecule has 0 aromatic heterocycles. The molecule has 0 saturated carbocycles. The summed E-state index contributed by atoms with van der Waals surface area (Å²) in [5, 5.41) is 5.65. The van der Waals surface area contributed by atoms with Crippen LogP contribution in [-0.2, 0) is 16.0 Å². The molecule has 1 aliphatic heterocycles. The van der Waals surface area contributed by atoms with Crippen molar-refractivity contribution in [3.05, 3.63) is 131 Å². The van der Waals surface area contributed by atoms with E-state index in [2.05, 4.69) is 16.7 Å². The van der Waals surface area contributed by atoms with E-state index >= 15 is 0 Å². The van der Waals surface area contributed by atoms with Gasteiger partial charge < -0.3 is 15.5 Å². The largest absolute Gasteiger partial charge is 0.321 e. The fourth-order valence-electron chi connectivity index (χ4n) is 4.50. The van der Waals surface area contributed by atoms with Crippen LogP contribution in [0.1, 0.15) is 27.0 Å². The standard InChI is InChI=1S/C33H29N3O3S/c1-23-9-5-6-13-26(23)21-29(35-32(38)25-11-3-2-4-12-25)33(39)34-27-15-17-28(18-16-27)40-22-31(37)36-20-19-24-10-7-8-14-30(24)36/h2-18,21H,19-20,22H2,1H3,(H,34,39)(H,35,38)/b29-21-. The molecule has 0 saturated heterocycles. The Hall–Kier alpha value is -4.62. The molecule has 0 spiro atoms. The lowest BCUT2D eigenvalue weighted by molar-refractivity contribution is -0.116. The van der Waals surface area contributed by atoms with Gasteiger partial charge in [0.1, 0.15) is 5.70 Å². The van der Waals surface area contributed by atoms with Crippen molar-refractivity contribution in [1.29, 1.82) is 0 Å². The Morgan fingerprint density at radius 1 is 0.850 bits per heavy atom. The van der Waals surface area contributed by atoms with Gasteiger partial charge in [0.2, 0.25) is 5.91 Å². The van der Waals surface area contributed by atoms with Crippen LogP contribution in [0.2, 0.25) is 0 Å². The molecule has 0 fully saturated rings. The van der Waals surface area contributed by atoms with Crippen LogP contribution >= 0.6 is 11.8 Å². The summed E-state index contributed by atoms with van der Waals surface area (Å²) in [5.74, 6) is -0.398. The van der Waals surface area contributed by atoms with Crippen molar-refractivity contribution in [3.8, 4) is 0 Å². The molecule has 1 aliphatic rings. The van der Waals surface area contributed by atoms with E-state index < -0.39 is 5.91 Å². The third-order valence-electron chi connectivity index (χ3n) is 6.68. The van der Waals surface area contributed by atoms with Crippen molar-refractivity contribution < 1.29 is 14.4 Å². The highest BCUT2D eigenvalue weighted by atomic mass is 32.2. The van der Waals surface area contributed by atoms with E-state index in [1.165, 1.54) is 17.3 Å². The van der Waals surface area contributed by atoms with Gasteiger partial charge in [-0.05, 0) is 78.6 Å². The Morgan fingerprint density at radius 3 is 2.33 bits per heavy atom. The van der Waals surface area contributed by atoms with Gasteiger partial charge in [-0.25, -0.2) is 0 Å². The second-order valence-corrected chi connectivity index (χ2v) is 10.5. The molecule has 0 radical (unpaired) electrons. The number of carbonyl (C=O) groups excluding carboxylic acids is 3. The zero-order valence-corrected chi connectivity index (χ0v) is 22.9. The summed E-state index contributed by atoms with van der Waals surface area (Å²) in [6.07, 6.45) is 2.56. The first-order valence-corrected chi connectivity index (χ1v) is 14.0. The van der Waals surface area contributed by atoms with Crippen LogP contribution in [0.25, 0.3) is 6.08 Å². The number of amides is 3. The second kappa shape index (κ2) is 12.5. The number of thioether (sulfide) groups is 1. The van der Waals surface area contributed by atoms with Gasteiger partial charge >= 0.3 is 0 Å². The number of hydrogen-bond donors (Lipinski definition) is 2. The van der Waals surface area contributed by atoms with Crippen LogP contribution in [0.5, 0.6) is 0 Å². The Morgan fingerprint density at radius 2 is 1.55 bits per heavy atom. The summed E-state index contributed by atoms with van der Waals surface area (Å²) >= 11 is 1.46. The fourth-order valence-corrected chi connectivity index (χ4v) is 5.27. The number of aryl methyl sites for hydroxylation is 1. The highest BCUT2D eigenvalue weighted by molar-refractivity contribution is 8.00. The van der Waals surface area contributed by atoms with Crippen molar-refractivity contribution in [2.24, 2.45) is 0 Å². The van der Waals surface area contributed by atoms with Gasteiger partial charge in [-0.3, -0.25) is 14.4 Å². The summed E-state index contributed by atoms with van der Waals surface area (Å²) in [7, 11) is 0. The van der Waals surface area contributed by atoms with Crippen molar-refractivity contribution in [1.82, 2.24) is 5.32 Å². The molecule has 0 bridgehead atoms. The first kappa shape index (κ1) is 27.0. The molecule has 3 amide bonds. The number of rotatable bonds is 8. The quantitative estimate of drug-likeness (QED) is 0.207. The van der Waals surface area contributed by atoms with E-state index in [4.69, 9.17) is 0 Å². The van der Waals surface area contributed by atoms with Crippen molar-refractivity contribution in [3.63, 3.8) is 0 Å². The van der Waals surface area contributed by atoms with Gasteiger partial charge in [-0.2, -0.15) is 0 Å². The highest BCUT2D eigenvalue weighted by Crippen LogP contribution is 2.29. The summed E-state index contributed by atoms with van der Waals surface area (Å²) in [5.41, 5.74) is 5.20. The van der Waals surface area contributed by atoms with Crippen molar-refractivity contribution in [2.45, 2.75) is 18.2 Å². The SMILES string of the molecule is Cc1ccccc1/C=C(\NC(=O)c1ccccc1)C(=O)Nc1ccc(SCC(=O)N2CCc3ccccc32)cc1. The number of carbonyl (C=O) groups is 3. The summed E-state index contributed by atoms with van der Waals surface area (Å²) in [6.45, 7) is 2.66. The normalized spacial score (nSPS) is 12.5. The van der Waals surface area contributed by atoms with Gasteiger partial charge in [-0.15, -0.1) is 11.8 Å². The number of benzene rings is 4.